The van der Waals surface area contributed by atoms with Gasteiger partial charge in [0.15, 0.2) is 0 Å². The molecule has 5 atom stereocenters. The van der Waals surface area contributed by atoms with Crippen molar-refractivity contribution in [3.63, 3.8) is 0 Å². The lowest BCUT2D eigenvalue weighted by atomic mass is 9.80. The van der Waals surface area contributed by atoms with Gasteiger partial charge in [0.05, 0.1) is 11.2 Å². The highest BCUT2D eigenvalue weighted by atomic mass is 32.2. The minimum absolute atomic E-state index is 0.00858. The number of thioether (sulfide) groups is 2. The first-order valence-corrected chi connectivity index (χ1v) is 9.80. The fourth-order valence-electron chi connectivity index (χ4n) is 3.81. The molecule has 118 valence electrons. The van der Waals surface area contributed by atoms with E-state index in [0.717, 1.165) is 16.9 Å². The first kappa shape index (κ1) is 17.0. The molecule has 20 heavy (non-hydrogen) atoms. The number of hydrogen-bond donors (Lipinski definition) is 1. The van der Waals surface area contributed by atoms with E-state index >= 15 is 0 Å². The molecule has 0 aromatic carbocycles. The van der Waals surface area contributed by atoms with Gasteiger partial charge < -0.3 is 10.1 Å². The van der Waals surface area contributed by atoms with Crippen LogP contribution >= 0.6 is 23.5 Å². The monoisotopic (exact) mass is 317 g/mol. The van der Waals surface area contributed by atoms with Gasteiger partial charge in [-0.3, -0.25) is 0 Å². The summed E-state index contributed by atoms with van der Waals surface area (Å²) >= 11 is 4.31. The molecule has 5 unspecified atom stereocenters. The van der Waals surface area contributed by atoms with Gasteiger partial charge in [-0.15, -0.1) is 0 Å². The normalized spacial score (nSPS) is 41.5. The summed E-state index contributed by atoms with van der Waals surface area (Å²) < 4.78 is 6.31. The maximum Gasteiger partial charge on any atom is 0.0678 e. The lowest BCUT2D eigenvalue weighted by molar-refractivity contribution is -0.0773. The molecular weight excluding hydrogens is 286 g/mol. The van der Waals surface area contributed by atoms with Crippen LogP contribution in [0, 0.1) is 5.92 Å². The topological polar surface area (TPSA) is 21.3 Å². The smallest absolute Gasteiger partial charge is 0.0678 e. The molecule has 2 aliphatic rings. The molecule has 0 radical (unpaired) electrons. The third kappa shape index (κ3) is 3.50. The molecule has 0 spiro atoms. The molecular formula is C16H31NOS2. The summed E-state index contributed by atoms with van der Waals surface area (Å²) in [4.78, 5) is 0. The van der Waals surface area contributed by atoms with Crippen LogP contribution in [-0.2, 0) is 4.74 Å². The number of nitrogens with one attached hydrogen (secondary N) is 1. The molecule has 0 aromatic rings. The second-order valence-electron chi connectivity index (χ2n) is 7.51. The van der Waals surface area contributed by atoms with Crippen LogP contribution in [-0.4, -0.2) is 45.8 Å². The largest absolute Gasteiger partial charge is 0.369 e. The maximum atomic E-state index is 6.31. The van der Waals surface area contributed by atoms with Crippen molar-refractivity contribution < 1.29 is 4.74 Å². The van der Waals surface area contributed by atoms with E-state index in [0.29, 0.717) is 17.2 Å². The zero-order chi connectivity index (χ0) is 15.1. The van der Waals surface area contributed by atoms with Crippen molar-refractivity contribution in [1.82, 2.24) is 5.32 Å². The predicted molar refractivity (Wildman–Crippen MR) is 93.0 cm³/mol. The summed E-state index contributed by atoms with van der Waals surface area (Å²) in [6, 6.07) is 0.541. The quantitative estimate of drug-likeness (QED) is 0.854. The average molecular weight is 318 g/mol. The zero-order valence-electron chi connectivity index (χ0n) is 14.0. The molecule has 2 saturated heterocycles. The Bertz CT molecular complexity index is 345. The highest BCUT2D eigenvalue weighted by Gasteiger charge is 2.51. The minimum atomic E-state index is -0.0330. The zero-order valence-corrected chi connectivity index (χ0v) is 15.7. The van der Waals surface area contributed by atoms with Crippen LogP contribution in [0.3, 0.4) is 0 Å². The summed E-state index contributed by atoms with van der Waals surface area (Å²) in [6.07, 6.45) is 1.15. The van der Waals surface area contributed by atoms with Crippen LogP contribution in [0.1, 0.15) is 48.0 Å². The number of hydrogen-bond acceptors (Lipinski definition) is 4. The third-order valence-electron chi connectivity index (χ3n) is 4.89. The van der Waals surface area contributed by atoms with Gasteiger partial charge in [-0.2, -0.15) is 23.5 Å². The first-order valence-electron chi connectivity index (χ1n) is 7.81. The van der Waals surface area contributed by atoms with Crippen molar-refractivity contribution in [2.45, 2.75) is 81.0 Å². The van der Waals surface area contributed by atoms with E-state index in [-0.39, 0.29) is 11.2 Å². The lowest BCUT2D eigenvalue weighted by Crippen LogP contribution is -2.51. The molecule has 0 amide bonds. The van der Waals surface area contributed by atoms with Gasteiger partial charge in [0, 0.05) is 33.5 Å². The van der Waals surface area contributed by atoms with Crippen molar-refractivity contribution in [1.29, 1.82) is 0 Å². The molecule has 0 saturated carbocycles. The molecule has 0 aromatic heterocycles. The van der Waals surface area contributed by atoms with E-state index in [1.807, 2.05) is 0 Å². The Morgan fingerprint density at radius 1 is 1.15 bits per heavy atom. The van der Waals surface area contributed by atoms with Crippen LogP contribution in [0.15, 0.2) is 0 Å². The molecule has 2 rings (SSSR count). The number of ether oxygens (including phenoxy) is 1. The van der Waals surface area contributed by atoms with Crippen LogP contribution in [0.2, 0.25) is 0 Å². The van der Waals surface area contributed by atoms with Gasteiger partial charge in [-0.05, 0) is 41.2 Å². The van der Waals surface area contributed by atoms with Crippen LogP contribution in [0.25, 0.3) is 0 Å². The second kappa shape index (κ2) is 6.02. The van der Waals surface area contributed by atoms with Gasteiger partial charge in [-0.25, -0.2) is 0 Å². The standard InChI is InChI=1S/C16H31NOS2/c1-10-11(2)20-13(9-19-10)14(17-7)12-8-15(3,4)18-16(12,5)6/h10-14,17H,8-9H2,1-7H3. The molecule has 0 bridgehead atoms. The number of rotatable bonds is 3. The van der Waals surface area contributed by atoms with E-state index < -0.39 is 0 Å². The van der Waals surface area contributed by atoms with Gasteiger partial charge in [0.25, 0.3) is 0 Å². The highest BCUT2D eigenvalue weighted by Crippen LogP contribution is 2.47. The molecule has 1 N–H and O–H groups in total. The van der Waals surface area contributed by atoms with Crippen molar-refractivity contribution in [2.24, 2.45) is 5.92 Å². The summed E-state index contributed by atoms with van der Waals surface area (Å²) in [7, 11) is 2.12. The summed E-state index contributed by atoms with van der Waals surface area (Å²) in [5, 5.41) is 5.84. The molecule has 2 fully saturated rings. The summed E-state index contributed by atoms with van der Waals surface area (Å²) in [5.74, 6) is 1.84. The summed E-state index contributed by atoms with van der Waals surface area (Å²) in [6.45, 7) is 13.7. The van der Waals surface area contributed by atoms with Gasteiger partial charge in [0.1, 0.15) is 0 Å². The van der Waals surface area contributed by atoms with Crippen molar-refractivity contribution in [3.8, 4) is 0 Å². The van der Waals surface area contributed by atoms with Crippen LogP contribution < -0.4 is 5.32 Å². The molecule has 2 heterocycles. The van der Waals surface area contributed by atoms with E-state index in [9.17, 15) is 0 Å². The van der Waals surface area contributed by atoms with Gasteiger partial charge in [0.2, 0.25) is 0 Å². The Morgan fingerprint density at radius 3 is 2.25 bits per heavy atom. The molecule has 2 nitrogen and oxygen atoms in total. The van der Waals surface area contributed by atoms with E-state index in [1.54, 1.807) is 0 Å². The average Bonchev–Trinajstić information content (AvgIpc) is 2.53. The Morgan fingerprint density at radius 2 is 1.80 bits per heavy atom. The van der Waals surface area contributed by atoms with Crippen molar-refractivity contribution >= 4 is 23.5 Å². The van der Waals surface area contributed by atoms with E-state index in [4.69, 9.17) is 4.74 Å². The SMILES string of the molecule is CNC(C1CSC(C)C(C)S1)C1CC(C)(C)OC1(C)C. The third-order valence-corrected chi connectivity index (χ3v) is 8.40. The maximum absolute atomic E-state index is 6.31. The van der Waals surface area contributed by atoms with Crippen LogP contribution in [0.4, 0.5) is 0 Å². The van der Waals surface area contributed by atoms with Gasteiger partial charge in [-0.1, -0.05) is 13.8 Å². The molecule has 4 heteroatoms. The Balaban J connectivity index is 2.12. The first-order chi connectivity index (χ1) is 9.16. The van der Waals surface area contributed by atoms with Crippen molar-refractivity contribution in [2.75, 3.05) is 12.8 Å². The van der Waals surface area contributed by atoms with E-state index in [2.05, 4.69) is 77.4 Å². The predicted octanol–water partition coefficient (Wildman–Crippen LogP) is 3.79. The highest BCUT2D eigenvalue weighted by molar-refractivity contribution is 8.07. The van der Waals surface area contributed by atoms with Gasteiger partial charge >= 0.3 is 0 Å². The Hall–Kier alpha value is 0.620. The second-order valence-corrected chi connectivity index (χ2v) is 10.5. The fourth-order valence-corrected chi connectivity index (χ4v) is 7.02. The minimum Gasteiger partial charge on any atom is -0.369 e. The Kier molecular flexibility index (Phi) is 5.11. The molecule has 2 aliphatic heterocycles. The van der Waals surface area contributed by atoms with Crippen LogP contribution in [0.5, 0.6) is 0 Å². The molecule has 0 aliphatic carbocycles. The lowest BCUT2D eigenvalue weighted by Gasteiger charge is -2.41. The fraction of sp³-hybridized carbons (Fsp3) is 1.00. The van der Waals surface area contributed by atoms with E-state index in [1.165, 1.54) is 5.75 Å². The van der Waals surface area contributed by atoms with Crippen molar-refractivity contribution in [3.05, 3.63) is 0 Å². The summed E-state index contributed by atoms with van der Waals surface area (Å²) in [5.41, 5.74) is -0.0244. The Labute approximate surface area is 133 Å².